The summed E-state index contributed by atoms with van der Waals surface area (Å²) in [5, 5.41) is -0.510. The first kappa shape index (κ1) is 19.6. The van der Waals surface area contributed by atoms with Crippen LogP contribution in [0.25, 0.3) is 11.2 Å². The van der Waals surface area contributed by atoms with E-state index < -0.39 is 26.9 Å². The molecule has 3 aromatic rings. The molecular weight excluding hydrogens is 428 g/mol. The molecule has 8 nitrogen and oxygen atoms in total. The molecule has 2 aromatic heterocycles. The molecule has 9 heteroatoms. The molecule has 1 aromatic carbocycles. The van der Waals surface area contributed by atoms with Gasteiger partial charge in [0.2, 0.25) is 0 Å². The summed E-state index contributed by atoms with van der Waals surface area (Å²) in [7, 11) is -3.78. The van der Waals surface area contributed by atoms with Crippen LogP contribution in [0.4, 0.5) is 5.82 Å². The van der Waals surface area contributed by atoms with Crippen molar-refractivity contribution in [2.75, 3.05) is 4.90 Å². The van der Waals surface area contributed by atoms with E-state index in [1.54, 1.807) is 24.3 Å². The highest BCUT2D eigenvalue weighted by Gasteiger charge is 2.47. The maximum atomic E-state index is 13.6. The second-order valence-corrected chi connectivity index (χ2v) is 10.9. The maximum Gasteiger partial charge on any atom is 0.267 e. The molecule has 1 aliphatic heterocycles. The fourth-order valence-corrected chi connectivity index (χ4v) is 7.01. The Bertz CT molecular complexity index is 1350. The summed E-state index contributed by atoms with van der Waals surface area (Å²) in [5.41, 5.74) is 1.24. The number of carbonyl (C=O) groups excluding carboxylic acids is 2. The van der Waals surface area contributed by atoms with Gasteiger partial charge in [0.1, 0.15) is 16.2 Å². The molecular formula is C23H22N4O4S. The molecule has 6 rings (SSSR count). The Morgan fingerprint density at radius 3 is 2.09 bits per heavy atom. The van der Waals surface area contributed by atoms with Gasteiger partial charge < -0.3 is 4.57 Å². The van der Waals surface area contributed by atoms with Gasteiger partial charge >= 0.3 is 0 Å². The van der Waals surface area contributed by atoms with Crippen LogP contribution in [0.5, 0.6) is 0 Å². The minimum Gasteiger partial charge on any atom is -0.306 e. The molecule has 2 saturated carbocycles. The van der Waals surface area contributed by atoms with Gasteiger partial charge in [0.25, 0.3) is 11.8 Å². The topological polar surface area (TPSA) is 102 Å². The van der Waals surface area contributed by atoms with Crippen LogP contribution in [0.3, 0.4) is 0 Å². The Kier molecular flexibility index (Phi) is 4.27. The van der Waals surface area contributed by atoms with E-state index in [4.69, 9.17) is 0 Å². The molecule has 32 heavy (non-hydrogen) atoms. The van der Waals surface area contributed by atoms with Crippen LogP contribution in [0.1, 0.15) is 71.7 Å². The number of imide groups is 1. The van der Waals surface area contributed by atoms with Crippen LogP contribution in [-0.4, -0.2) is 40.0 Å². The van der Waals surface area contributed by atoms with Crippen molar-refractivity contribution in [3.8, 4) is 0 Å². The van der Waals surface area contributed by atoms with E-state index in [-0.39, 0.29) is 33.4 Å². The largest absolute Gasteiger partial charge is 0.306 e. The van der Waals surface area contributed by atoms with Crippen molar-refractivity contribution in [3.05, 3.63) is 47.8 Å². The van der Waals surface area contributed by atoms with Crippen LogP contribution >= 0.6 is 0 Å². The Hall–Kier alpha value is -3.07. The number of hydrogen-bond acceptors (Lipinski definition) is 6. The summed E-state index contributed by atoms with van der Waals surface area (Å²) in [4.78, 5) is 36.8. The standard InChI is InChI=1S/C23H22N4O4S/c28-22-16-8-4-5-9-17(16)23(29)27(22)21-19(32(30,31)15-10-11-15)18-20(25-13-12-24-18)26(21)14-6-2-1-3-7-14/h4-5,8-9,12-15H,1-3,6-7,10-11H2. The van der Waals surface area contributed by atoms with Gasteiger partial charge in [-0.3, -0.25) is 9.59 Å². The van der Waals surface area contributed by atoms with Crippen LogP contribution in [-0.2, 0) is 9.84 Å². The SMILES string of the molecule is O=C1c2ccccc2C(=O)N1c1c(S(=O)(=O)C2CC2)c2nccnc2n1C1CCCCC1. The van der Waals surface area contributed by atoms with Crippen molar-refractivity contribution in [3.63, 3.8) is 0 Å². The van der Waals surface area contributed by atoms with Gasteiger partial charge in [0, 0.05) is 18.4 Å². The normalized spacial score (nSPS) is 19.7. The highest BCUT2D eigenvalue weighted by molar-refractivity contribution is 7.92. The number of carbonyl (C=O) groups is 2. The third-order valence-corrected chi connectivity index (χ3v) is 9.04. The predicted octanol–water partition coefficient (Wildman–Crippen LogP) is 3.67. The van der Waals surface area contributed by atoms with E-state index in [9.17, 15) is 18.0 Å². The van der Waals surface area contributed by atoms with E-state index in [2.05, 4.69) is 9.97 Å². The van der Waals surface area contributed by atoms with E-state index >= 15 is 0 Å². The average molecular weight is 451 g/mol. The molecule has 3 aliphatic rings. The lowest BCUT2D eigenvalue weighted by Gasteiger charge is -2.28. The van der Waals surface area contributed by atoms with E-state index in [0.717, 1.165) is 37.0 Å². The first-order valence-electron chi connectivity index (χ1n) is 11.1. The van der Waals surface area contributed by atoms with Gasteiger partial charge in [-0.25, -0.2) is 23.3 Å². The molecule has 3 heterocycles. The molecule has 164 valence electrons. The van der Waals surface area contributed by atoms with Crippen molar-refractivity contribution in [2.24, 2.45) is 0 Å². The number of amides is 2. The van der Waals surface area contributed by atoms with Gasteiger partial charge in [-0.15, -0.1) is 0 Å². The van der Waals surface area contributed by atoms with Crippen molar-refractivity contribution in [1.29, 1.82) is 0 Å². The molecule has 2 amide bonds. The third kappa shape index (κ3) is 2.70. The zero-order valence-electron chi connectivity index (χ0n) is 17.4. The number of sulfone groups is 1. The van der Waals surface area contributed by atoms with Crippen LogP contribution < -0.4 is 4.90 Å². The van der Waals surface area contributed by atoms with Crippen molar-refractivity contribution in [1.82, 2.24) is 14.5 Å². The molecule has 2 fully saturated rings. The minimum absolute atomic E-state index is 0.0248. The first-order valence-corrected chi connectivity index (χ1v) is 12.6. The molecule has 0 N–H and O–H groups in total. The summed E-state index contributed by atoms with van der Waals surface area (Å²) in [6, 6.07) is 6.57. The quantitative estimate of drug-likeness (QED) is 0.562. The molecule has 0 atom stereocenters. The Morgan fingerprint density at radius 1 is 0.844 bits per heavy atom. The van der Waals surface area contributed by atoms with Crippen LogP contribution in [0, 0.1) is 0 Å². The third-order valence-electron chi connectivity index (χ3n) is 6.75. The van der Waals surface area contributed by atoms with E-state index in [1.807, 2.05) is 4.57 Å². The van der Waals surface area contributed by atoms with Crippen molar-refractivity contribution < 1.29 is 18.0 Å². The maximum absolute atomic E-state index is 13.6. The zero-order chi connectivity index (χ0) is 22.0. The summed E-state index contributed by atoms with van der Waals surface area (Å²) >= 11 is 0. The first-order chi connectivity index (χ1) is 15.5. The summed E-state index contributed by atoms with van der Waals surface area (Å²) < 4.78 is 29.1. The highest BCUT2D eigenvalue weighted by Crippen LogP contribution is 2.47. The smallest absolute Gasteiger partial charge is 0.267 e. The number of benzene rings is 1. The van der Waals surface area contributed by atoms with Gasteiger partial charge in [-0.1, -0.05) is 31.4 Å². The fourth-order valence-electron chi connectivity index (χ4n) is 5.07. The molecule has 0 saturated heterocycles. The number of anilines is 1. The van der Waals surface area contributed by atoms with Crippen molar-refractivity contribution in [2.45, 2.75) is 61.1 Å². The number of aromatic nitrogens is 3. The monoisotopic (exact) mass is 450 g/mol. The summed E-state index contributed by atoms with van der Waals surface area (Å²) in [6.07, 6.45) is 8.90. The number of nitrogens with zero attached hydrogens (tertiary/aromatic N) is 4. The predicted molar refractivity (Wildman–Crippen MR) is 117 cm³/mol. The second-order valence-electron chi connectivity index (χ2n) is 8.78. The number of hydrogen-bond donors (Lipinski definition) is 0. The fraction of sp³-hybridized carbons (Fsp3) is 0.391. The van der Waals surface area contributed by atoms with Gasteiger partial charge in [0.15, 0.2) is 15.5 Å². The molecule has 0 radical (unpaired) electrons. The van der Waals surface area contributed by atoms with Gasteiger partial charge in [0.05, 0.1) is 16.4 Å². The lowest BCUT2D eigenvalue weighted by atomic mass is 9.95. The molecule has 0 spiro atoms. The second kappa shape index (κ2) is 6.96. The lowest BCUT2D eigenvalue weighted by molar-refractivity contribution is 0.0922. The average Bonchev–Trinajstić information content (AvgIpc) is 3.58. The number of rotatable bonds is 4. The van der Waals surface area contributed by atoms with Gasteiger partial charge in [-0.2, -0.15) is 0 Å². The van der Waals surface area contributed by atoms with Gasteiger partial charge in [-0.05, 0) is 37.8 Å². The van der Waals surface area contributed by atoms with E-state index in [1.165, 1.54) is 12.4 Å². The zero-order valence-corrected chi connectivity index (χ0v) is 18.2. The van der Waals surface area contributed by atoms with Crippen LogP contribution in [0.15, 0.2) is 41.6 Å². The number of fused-ring (bicyclic) bond motifs is 2. The van der Waals surface area contributed by atoms with Crippen LogP contribution in [0.2, 0.25) is 0 Å². The molecule has 0 bridgehead atoms. The lowest BCUT2D eigenvalue weighted by Crippen LogP contribution is -2.34. The Labute approximate surface area is 185 Å². The Morgan fingerprint density at radius 2 is 1.47 bits per heavy atom. The molecule has 0 unspecified atom stereocenters. The van der Waals surface area contributed by atoms with Crippen molar-refractivity contribution >= 4 is 38.6 Å². The summed E-state index contributed by atoms with van der Waals surface area (Å²) in [5.74, 6) is -0.883. The Balaban J connectivity index is 1.68. The molecule has 2 aliphatic carbocycles. The minimum atomic E-state index is -3.78. The summed E-state index contributed by atoms with van der Waals surface area (Å²) in [6.45, 7) is 0. The van der Waals surface area contributed by atoms with E-state index in [0.29, 0.717) is 18.5 Å². The highest BCUT2D eigenvalue weighted by atomic mass is 32.2.